The minimum atomic E-state index is -0.781. The van der Waals surface area contributed by atoms with E-state index in [-0.39, 0.29) is 31.1 Å². The summed E-state index contributed by atoms with van der Waals surface area (Å²) >= 11 is 0. The van der Waals surface area contributed by atoms with Crippen molar-refractivity contribution in [3.05, 3.63) is 60.8 Å². The summed E-state index contributed by atoms with van der Waals surface area (Å²) in [5.41, 5.74) is 0. The SMILES string of the molecule is CC/C=C\C/C=C\C/C=C\C/C=C\CCCCCCCCC(=O)OCC(COC(=O)CCCCCCCCCCCCC)OC(=O)CCCCCCC/C=C\CCCCCCC. The number of hydrogen-bond acceptors (Lipinski definition) is 6. The number of hydrogen-bond donors (Lipinski definition) is 0. The van der Waals surface area contributed by atoms with Gasteiger partial charge in [-0.05, 0) is 83.5 Å². The average Bonchev–Trinajstić information content (AvgIpc) is 3.27. The second kappa shape index (κ2) is 50.8. The van der Waals surface area contributed by atoms with Crippen LogP contribution in [0.4, 0.5) is 0 Å². The summed E-state index contributed by atoms with van der Waals surface area (Å²) < 4.78 is 16.8. The van der Waals surface area contributed by atoms with Gasteiger partial charge in [0.15, 0.2) is 6.10 Å². The summed E-state index contributed by atoms with van der Waals surface area (Å²) in [6.07, 6.45) is 62.0. The minimum Gasteiger partial charge on any atom is -0.462 e. The van der Waals surface area contributed by atoms with E-state index < -0.39 is 6.10 Å². The van der Waals surface area contributed by atoms with Gasteiger partial charge in [-0.1, -0.05) is 216 Å². The lowest BCUT2D eigenvalue weighted by Gasteiger charge is -2.18. The Morgan fingerprint density at radius 2 is 0.629 bits per heavy atom. The molecular formula is C56H98O6. The molecule has 0 fully saturated rings. The van der Waals surface area contributed by atoms with Crippen LogP contribution >= 0.6 is 0 Å². The van der Waals surface area contributed by atoms with Crippen LogP contribution in [-0.2, 0) is 28.6 Å². The number of ether oxygens (including phenoxy) is 3. The van der Waals surface area contributed by atoms with Crippen LogP contribution < -0.4 is 0 Å². The fraction of sp³-hybridized carbons (Fsp3) is 0.768. The predicted octanol–water partition coefficient (Wildman–Crippen LogP) is 17.3. The van der Waals surface area contributed by atoms with Crippen LogP contribution in [0, 0.1) is 0 Å². The van der Waals surface area contributed by atoms with Crippen molar-refractivity contribution in [3.63, 3.8) is 0 Å². The summed E-state index contributed by atoms with van der Waals surface area (Å²) in [5.74, 6) is -0.899. The highest BCUT2D eigenvalue weighted by Gasteiger charge is 2.19. The van der Waals surface area contributed by atoms with Gasteiger partial charge in [-0.3, -0.25) is 14.4 Å². The van der Waals surface area contributed by atoms with Crippen molar-refractivity contribution < 1.29 is 28.6 Å². The van der Waals surface area contributed by atoms with E-state index in [0.29, 0.717) is 19.3 Å². The highest BCUT2D eigenvalue weighted by molar-refractivity contribution is 5.71. The number of rotatable bonds is 47. The van der Waals surface area contributed by atoms with Crippen molar-refractivity contribution >= 4 is 17.9 Å². The van der Waals surface area contributed by atoms with Crippen molar-refractivity contribution in [3.8, 4) is 0 Å². The maximum Gasteiger partial charge on any atom is 0.306 e. The molecule has 0 aliphatic carbocycles. The maximum atomic E-state index is 12.8. The Hall–Kier alpha value is -2.89. The lowest BCUT2D eigenvalue weighted by atomic mass is 10.1. The lowest BCUT2D eigenvalue weighted by molar-refractivity contribution is -0.167. The summed E-state index contributed by atoms with van der Waals surface area (Å²) in [6.45, 7) is 6.50. The summed E-state index contributed by atoms with van der Waals surface area (Å²) in [4.78, 5) is 38.0. The van der Waals surface area contributed by atoms with Crippen molar-refractivity contribution in [1.82, 2.24) is 0 Å². The topological polar surface area (TPSA) is 78.9 Å². The zero-order valence-corrected chi connectivity index (χ0v) is 40.9. The van der Waals surface area contributed by atoms with Gasteiger partial charge >= 0.3 is 17.9 Å². The molecule has 0 aromatic carbocycles. The Morgan fingerprint density at radius 3 is 1.00 bits per heavy atom. The molecule has 0 bridgehead atoms. The van der Waals surface area contributed by atoms with Crippen LogP contribution in [0.1, 0.15) is 258 Å². The fourth-order valence-corrected chi connectivity index (χ4v) is 7.31. The van der Waals surface area contributed by atoms with Gasteiger partial charge < -0.3 is 14.2 Å². The second-order valence-corrected chi connectivity index (χ2v) is 17.4. The number of carbonyl (C=O) groups excluding carboxylic acids is 3. The Kier molecular flexibility index (Phi) is 48.4. The van der Waals surface area contributed by atoms with Crippen LogP contribution in [0.3, 0.4) is 0 Å². The van der Waals surface area contributed by atoms with Crippen LogP contribution in [-0.4, -0.2) is 37.2 Å². The van der Waals surface area contributed by atoms with E-state index in [4.69, 9.17) is 14.2 Å². The van der Waals surface area contributed by atoms with Crippen LogP contribution in [0.15, 0.2) is 60.8 Å². The van der Waals surface area contributed by atoms with Crippen LogP contribution in [0.5, 0.6) is 0 Å². The molecular weight excluding hydrogens is 769 g/mol. The normalized spacial score (nSPS) is 12.5. The number of carbonyl (C=O) groups is 3. The summed E-state index contributed by atoms with van der Waals surface area (Å²) in [7, 11) is 0. The van der Waals surface area contributed by atoms with Crippen LogP contribution in [0.2, 0.25) is 0 Å². The van der Waals surface area contributed by atoms with E-state index >= 15 is 0 Å². The first-order valence-corrected chi connectivity index (χ1v) is 26.3. The summed E-state index contributed by atoms with van der Waals surface area (Å²) in [6, 6.07) is 0. The van der Waals surface area contributed by atoms with Gasteiger partial charge in [-0.15, -0.1) is 0 Å². The predicted molar refractivity (Wildman–Crippen MR) is 265 cm³/mol. The molecule has 6 heteroatoms. The van der Waals surface area contributed by atoms with Gasteiger partial charge in [0.1, 0.15) is 13.2 Å². The molecule has 0 aliphatic rings. The average molecular weight is 867 g/mol. The first-order chi connectivity index (χ1) is 30.5. The van der Waals surface area contributed by atoms with Crippen LogP contribution in [0.25, 0.3) is 0 Å². The zero-order valence-electron chi connectivity index (χ0n) is 40.9. The largest absolute Gasteiger partial charge is 0.462 e. The van der Waals surface area contributed by atoms with E-state index in [0.717, 1.165) is 103 Å². The number of unbranched alkanes of at least 4 members (excludes halogenated alkanes) is 26. The van der Waals surface area contributed by atoms with Gasteiger partial charge in [0.25, 0.3) is 0 Å². The Balaban J connectivity index is 4.37. The highest BCUT2D eigenvalue weighted by Crippen LogP contribution is 2.15. The number of esters is 3. The molecule has 0 saturated carbocycles. The van der Waals surface area contributed by atoms with E-state index in [9.17, 15) is 14.4 Å². The van der Waals surface area contributed by atoms with Crippen molar-refractivity contribution in [2.45, 2.75) is 264 Å². The lowest BCUT2D eigenvalue weighted by Crippen LogP contribution is -2.30. The second-order valence-electron chi connectivity index (χ2n) is 17.4. The molecule has 0 heterocycles. The molecule has 62 heavy (non-hydrogen) atoms. The van der Waals surface area contributed by atoms with Crippen molar-refractivity contribution in [2.75, 3.05) is 13.2 Å². The first kappa shape index (κ1) is 59.1. The smallest absolute Gasteiger partial charge is 0.306 e. The Morgan fingerprint density at radius 1 is 0.339 bits per heavy atom. The third kappa shape index (κ3) is 48.1. The molecule has 6 nitrogen and oxygen atoms in total. The first-order valence-electron chi connectivity index (χ1n) is 26.3. The molecule has 0 radical (unpaired) electrons. The standard InChI is InChI=1S/C56H98O6/c1-4-7-10-13-16-19-22-24-26-27-28-29-30-32-34-37-40-43-46-49-55(58)61-52-53(51-60-54(57)48-45-42-39-36-33-21-18-15-12-9-6-3)62-56(59)50-47-44-41-38-35-31-25-23-20-17-14-11-8-5-2/h7,10,16,19,23-26,28-29,53H,4-6,8-9,11-15,17-18,20-22,27,30-52H2,1-3H3/b10-7-,19-16-,25-23-,26-24-,29-28-. The molecule has 0 amide bonds. The monoisotopic (exact) mass is 867 g/mol. The van der Waals surface area contributed by atoms with Gasteiger partial charge in [0, 0.05) is 19.3 Å². The maximum absolute atomic E-state index is 12.8. The Labute approximate surface area is 383 Å². The van der Waals surface area contributed by atoms with E-state index in [1.54, 1.807) is 0 Å². The third-order valence-electron chi connectivity index (χ3n) is 11.3. The van der Waals surface area contributed by atoms with Crippen molar-refractivity contribution in [1.29, 1.82) is 0 Å². The van der Waals surface area contributed by atoms with E-state index in [1.807, 2.05) is 0 Å². The molecule has 0 aliphatic heterocycles. The van der Waals surface area contributed by atoms with E-state index in [2.05, 4.69) is 81.5 Å². The highest BCUT2D eigenvalue weighted by atomic mass is 16.6. The molecule has 358 valence electrons. The van der Waals surface area contributed by atoms with Crippen molar-refractivity contribution in [2.24, 2.45) is 0 Å². The van der Waals surface area contributed by atoms with Gasteiger partial charge in [0.2, 0.25) is 0 Å². The molecule has 1 atom stereocenters. The number of allylic oxidation sites excluding steroid dienone is 10. The molecule has 0 spiro atoms. The third-order valence-corrected chi connectivity index (χ3v) is 11.3. The molecule has 0 aromatic rings. The summed E-state index contributed by atoms with van der Waals surface area (Å²) in [5, 5.41) is 0. The quantitative estimate of drug-likeness (QED) is 0.0262. The van der Waals surface area contributed by atoms with Gasteiger partial charge in [-0.2, -0.15) is 0 Å². The van der Waals surface area contributed by atoms with E-state index in [1.165, 1.54) is 116 Å². The molecule has 0 aromatic heterocycles. The van der Waals surface area contributed by atoms with Gasteiger partial charge in [-0.25, -0.2) is 0 Å². The minimum absolute atomic E-state index is 0.0803. The molecule has 0 rings (SSSR count). The van der Waals surface area contributed by atoms with Gasteiger partial charge in [0.05, 0.1) is 0 Å². The Bertz CT molecular complexity index is 1130. The zero-order chi connectivity index (χ0) is 45.1. The molecule has 0 saturated heterocycles. The molecule has 1 unspecified atom stereocenters. The fourth-order valence-electron chi connectivity index (χ4n) is 7.31. The molecule has 0 N–H and O–H groups in total.